The van der Waals surface area contributed by atoms with Gasteiger partial charge in [-0.15, -0.1) is 11.3 Å². The van der Waals surface area contributed by atoms with E-state index in [1.165, 1.54) is 48.0 Å². The van der Waals surface area contributed by atoms with Crippen LogP contribution in [0.15, 0.2) is 42.9 Å². The van der Waals surface area contributed by atoms with Crippen LogP contribution >= 0.6 is 11.3 Å². The van der Waals surface area contributed by atoms with E-state index in [0.29, 0.717) is 43.6 Å². The molecular formula is C33H34FN7O6S. The van der Waals surface area contributed by atoms with Crippen molar-refractivity contribution in [2.45, 2.75) is 58.8 Å². The molecule has 2 amide bonds. The largest absolute Gasteiger partial charge is 0.482 e. The van der Waals surface area contributed by atoms with Gasteiger partial charge in [-0.1, -0.05) is 0 Å². The number of piperidine rings is 1. The zero-order valence-electron chi connectivity index (χ0n) is 27.2. The van der Waals surface area contributed by atoms with Gasteiger partial charge in [-0.05, 0) is 52.3 Å². The maximum atomic E-state index is 15.6. The summed E-state index contributed by atoms with van der Waals surface area (Å²) in [6.45, 7) is 9.20. The number of halogens is 1. The van der Waals surface area contributed by atoms with E-state index in [4.69, 9.17) is 23.9 Å². The predicted molar refractivity (Wildman–Crippen MR) is 177 cm³/mol. The lowest BCUT2D eigenvalue weighted by atomic mass is 10.0. The molecule has 2 unspecified atom stereocenters. The Hall–Kier alpha value is -5.18. The van der Waals surface area contributed by atoms with Gasteiger partial charge in [-0.2, -0.15) is 0 Å². The van der Waals surface area contributed by atoms with Crippen molar-refractivity contribution in [2.75, 3.05) is 25.5 Å². The summed E-state index contributed by atoms with van der Waals surface area (Å²) in [5, 5.41) is 3.22. The van der Waals surface area contributed by atoms with Gasteiger partial charge in [0.05, 0.1) is 59.2 Å². The van der Waals surface area contributed by atoms with E-state index >= 15 is 4.39 Å². The number of likely N-dealkylation sites (tertiary alicyclic amines) is 1. The first kappa shape index (κ1) is 32.7. The number of carbonyl (C=O) groups excluding carboxylic acids is 2. The minimum absolute atomic E-state index is 0.0106. The number of nitrogens with zero attached hydrogens (tertiary/aromatic N) is 6. The van der Waals surface area contributed by atoms with E-state index in [1.54, 1.807) is 33.8 Å². The van der Waals surface area contributed by atoms with Crippen molar-refractivity contribution >= 4 is 50.5 Å². The van der Waals surface area contributed by atoms with E-state index in [2.05, 4.69) is 25.3 Å². The minimum Gasteiger partial charge on any atom is -0.482 e. The van der Waals surface area contributed by atoms with E-state index in [0.717, 1.165) is 11.1 Å². The zero-order valence-corrected chi connectivity index (χ0v) is 28.1. The van der Waals surface area contributed by atoms with Crippen LogP contribution in [0, 0.1) is 19.7 Å². The Bertz CT molecular complexity index is 2000. The first-order chi connectivity index (χ1) is 22.8. The molecular weight excluding hydrogens is 641 g/mol. The highest BCUT2D eigenvalue weighted by Gasteiger charge is 2.38. The van der Waals surface area contributed by atoms with E-state index in [-0.39, 0.29) is 25.3 Å². The molecule has 6 rings (SSSR count). The molecule has 1 fully saturated rings. The van der Waals surface area contributed by atoms with Gasteiger partial charge in [0.15, 0.2) is 17.7 Å². The number of thiazole rings is 1. The van der Waals surface area contributed by atoms with Gasteiger partial charge in [-0.25, -0.2) is 38.9 Å². The third-order valence-electron chi connectivity index (χ3n) is 7.36. The van der Waals surface area contributed by atoms with Crippen LogP contribution in [-0.2, 0) is 9.47 Å². The van der Waals surface area contributed by atoms with Crippen LogP contribution in [0.25, 0.3) is 31.8 Å². The molecule has 1 aliphatic heterocycles. The number of nitrogens with one attached hydrogen (secondary N) is 1. The van der Waals surface area contributed by atoms with Crippen LogP contribution < -0.4 is 14.8 Å². The van der Waals surface area contributed by atoms with Gasteiger partial charge in [0.25, 0.3) is 0 Å². The molecule has 0 radical (unpaired) electrons. The van der Waals surface area contributed by atoms with Crippen molar-refractivity contribution in [1.82, 2.24) is 29.8 Å². The fourth-order valence-corrected chi connectivity index (χ4v) is 6.18. The molecule has 48 heavy (non-hydrogen) atoms. The smallest absolute Gasteiger partial charge is 0.412 e. The summed E-state index contributed by atoms with van der Waals surface area (Å²) in [6, 6.07) is 6.72. The van der Waals surface area contributed by atoms with Crippen molar-refractivity contribution in [1.29, 1.82) is 0 Å². The second-order valence-electron chi connectivity index (χ2n) is 12.3. The lowest BCUT2D eigenvalue weighted by Gasteiger charge is -2.38. The fraction of sp³-hybridized carbons (Fsp3) is 0.364. The Balaban J connectivity index is 1.28. The van der Waals surface area contributed by atoms with Gasteiger partial charge < -0.3 is 23.8 Å². The molecule has 13 nitrogen and oxygen atoms in total. The molecule has 1 saturated heterocycles. The number of anilines is 1. The second kappa shape index (κ2) is 13.1. The average molecular weight is 676 g/mol. The molecule has 2 aromatic carbocycles. The highest BCUT2D eigenvalue weighted by atomic mass is 32.1. The number of methoxy groups -OCH3 is 1. The molecule has 5 aromatic rings. The fourth-order valence-electron chi connectivity index (χ4n) is 5.18. The maximum absolute atomic E-state index is 15.6. The molecule has 0 saturated carbocycles. The molecule has 0 aliphatic carbocycles. The van der Waals surface area contributed by atoms with Crippen LogP contribution in [0.4, 0.5) is 19.7 Å². The monoisotopic (exact) mass is 675 g/mol. The van der Waals surface area contributed by atoms with Crippen LogP contribution in [-0.4, -0.2) is 80.0 Å². The summed E-state index contributed by atoms with van der Waals surface area (Å²) in [5.41, 5.74) is 3.04. The first-order valence-corrected chi connectivity index (χ1v) is 16.0. The topological polar surface area (TPSA) is 151 Å². The zero-order chi connectivity index (χ0) is 34.2. The number of hydrogen-bond acceptors (Lipinski definition) is 12. The third-order valence-corrected chi connectivity index (χ3v) is 8.42. The third kappa shape index (κ3) is 7.35. The summed E-state index contributed by atoms with van der Waals surface area (Å²) in [7, 11) is 1.53. The quantitative estimate of drug-likeness (QED) is 0.211. The number of fused-ring (bicyclic) bond motifs is 2. The van der Waals surface area contributed by atoms with E-state index in [1.807, 2.05) is 19.1 Å². The summed E-state index contributed by atoms with van der Waals surface area (Å²) >= 11 is 1.35. The summed E-state index contributed by atoms with van der Waals surface area (Å²) in [5.74, 6) is 0.204. The van der Waals surface area contributed by atoms with Gasteiger partial charge in [0, 0.05) is 30.7 Å². The van der Waals surface area contributed by atoms with Crippen molar-refractivity contribution in [3.63, 3.8) is 0 Å². The van der Waals surface area contributed by atoms with Gasteiger partial charge in [-0.3, -0.25) is 5.32 Å². The van der Waals surface area contributed by atoms with Crippen molar-refractivity contribution in [2.24, 2.45) is 0 Å². The number of hydrogen-bond donors (Lipinski definition) is 1. The van der Waals surface area contributed by atoms with Crippen LogP contribution in [0.3, 0.4) is 0 Å². The molecule has 1 N–H and O–H groups in total. The standard InChI is InChI=1S/C33H34FN7O6S/c1-17-9-20(29-23(10-17)39-28(44-6)15-37-29)30-40-22-11-21(34)25(12-27(22)48-30)45-26-16-41(32(43)47-33(3,4)5)8-7-24(26)46-31(42)38-19-13-35-18(2)36-14-19/h9-15,24,26H,7-8,16H2,1-6H3,(H,38,42). The number of rotatable bonds is 6. The van der Waals surface area contributed by atoms with Crippen LogP contribution in [0.2, 0.25) is 0 Å². The molecule has 4 heterocycles. The average Bonchev–Trinajstić information content (AvgIpc) is 3.44. The van der Waals surface area contributed by atoms with Crippen LogP contribution in [0.5, 0.6) is 11.6 Å². The Morgan fingerprint density at radius 2 is 1.77 bits per heavy atom. The first-order valence-electron chi connectivity index (χ1n) is 15.2. The summed E-state index contributed by atoms with van der Waals surface area (Å²) in [4.78, 5) is 49.2. The number of carbonyl (C=O) groups is 2. The summed E-state index contributed by atoms with van der Waals surface area (Å²) in [6.07, 6.45) is 1.62. The molecule has 2 atom stereocenters. The lowest BCUT2D eigenvalue weighted by Crippen LogP contribution is -2.54. The van der Waals surface area contributed by atoms with Gasteiger partial charge in [0.1, 0.15) is 22.5 Å². The Kier molecular flexibility index (Phi) is 8.97. The van der Waals surface area contributed by atoms with Crippen molar-refractivity contribution in [3.8, 4) is 22.2 Å². The number of amides is 2. The Labute approximate surface area is 279 Å². The van der Waals surface area contributed by atoms with Gasteiger partial charge in [0.2, 0.25) is 5.88 Å². The highest BCUT2D eigenvalue weighted by molar-refractivity contribution is 7.21. The molecule has 0 bridgehead atoms. The SMILES string of the molecule is COc1cnc2c(-c3nc4cc(F)c(OC5CN(C(=O)OC(C)(C)C)CCC5OC(=O)Nc5cnc(C)nc5)cc4s3)cc(C)cc2n1. The predicted octanol–water partition coefficient (Wildman–Crippen LogP) is 6.47. The molecule has 1 aliphatic rings. The number of aromatic nitrogens is 5. The molecule has 3 aromatic heterocycles. The van der Waals surface area contributed by atoms with Crippen LogP contribution in [0.1, 0.15) is 38.6 Å². The minimum atomic E-state index is -0.920. The maximum Gasteiger partial charge on any atom is 0.412 e. The van der Waals surface area contributed by atoms with Crippen molar-refractivity contribution < 1.29 is 32.9 Å². The Morgan fingerprint density at radius 3 is 2.50 bits per heavy atom. The summed E-state index contributed by atoms with van der Waals surface area (Å²) < 4.78 is 39.0. The van der Waals surface area contributed by atoms with Gasteiger partial charge >= 0.3 is 12.2 Å². The highest BCUT2D eigenvalue weighted by Crippen LogP contribution is 2.37. The van der Waals surface area contributed by atoms with Crippen molar-refractivity contribution in [3.05, 3.63) is 60.1 Å². The molecule has 0 spiro atoms. The normalized spacial score (nSPS) is 16.5. The molecule has 250 valence electrons. The van der Waals surface area contributed by atoms with E-state index < -0.39 is 35.8 Å². The Morgan fingerprint density at radius 1 is 1.00 bits per heavy atom. The number of ether oxygens (including phenoxy) is 4. The molecule has 15 heteroatoms. The lowest BCUT2D eigenvalue weighted by molar-refractivity contribution is -0.0407. The second-order valence-corrected chi connectivity index (χ2v) is 13.4. The van der Waals surface area contributed by atoms with E-state index in [9.17, 15) is 9.59 Å². The number of benzene rings is 2. The number of aryl methyl sites for hydroxylation is 2.